The fourth-order valence-electron chi connectivity index (χ4n) is 3.07. The lowest BCUT2D eigenvalue weighted by Crippen LogP contribution is -2.41. The van der Waals surface area contributed by atoms with E-state index in [0.717, 1.165) is 0 Å². The van der Waals surface area contributed by atoms with Gasteiger partial charge in [-0.15, -0.1) is 0 Å². The molecule has 2 aliphatic rings. The Morgan fingerprint density at radius 3 is 1.27 bits per heavy atom. The van der Waals surface area contributed by atoms with E-state index in [-0.39, 0.29) is 12.8 Å². The second kappa shape index (κ2) is 6.68. The van der Waals surface area contributed by atoms with E-state index >= 15 is 0 Å². The topological polar surface area (TPSA) is 36.9 Å². The Balaban J connectivity index is 2.18. The van der Waals surface area contributed by atoms with Gasteiger partial charge in [0, 0.05) is 12.1 Å². The number of hydrogen-bond donors (Lipinski definition) is 0. The van der Waals surface area contributed by atoms with Crippen LogP contribution in [0.1, 0.15) is 74.7 Å². The van der Waals surface area contributed by atoms with E-state index in [0.29, 0.717) is 0 Å². The van der Waals surface area contributed by atoms with Gasteiger partial charge in [-0.2, -0.15) is 13.2 Å². The van der Waals surface area contributed by atoms with Crippen molar-refractivity contribution in [3.8, 4) is 0 Å². The van der Waals surface area contributed by atoms with Crippen molar-refractivity contribution in [2.75, 3.05) is 0 Å². The molecule has 0 aromatic carbocycles. The minimum atomic E-state index is -4.18. The fraction of sp³-hybridized carbons (Fsp3) is 1.00. The first kappa shape index (κ1) is 22.1. The third kappa shape index (κ3) is 4.42. The summed E-state index contributed by atoms with van der Waals surface area (Å²) >= 11 is 0. The number of rotatable bonds is 5. The van der Waals surface area contributed by atoms with Crippen LogP contribution in [0.3, 0.4) is 0 Å². The standard InChI is InChI=1S/C17H31B2F3O4/c1-13(2)14(3,4)24-18(23-13)12(10-9-11-17(20,21)22)19-25-15(5,6)16(7,8)26-19/h12H,9-11H2,1-8H3. The molecule has 0 aromatic rings. The Morgan fingerprint density at radius 1 is 0.692 bits per heavy atom. The van der Waals surface area contributed by atoms with Gasteiger partial charge < -0.3 is 18.6 Å². The third-order valence-corrected chi connectivity index (χ3v) is 6.24. The van der Waals surface area contributed by atoms with Crippen molar-refractivity contribution < 1.29 is 31.8 Å². The molecule has 0 radical (unpaired) electrons. The average molecular weight is 378 g/mol. The van der Waals surface area contributed by atoms with Crippen LogP contribution in [0.15, 0.2) is 0 Å². The molecule has 0 unspecified atom stereocenters. The molecule has 0 atom stereocenters. The van der Waals surface area contributed by atoms with Crippen LogP contribution in [-0.2, 0) is 18.6 Å². The van der Waals surface area contributed by atoms with Gasteiger partial charge in [0.25, 0.3) is 0 Å². The molecule has 0 spiro atoms. The fourth-order valence-corrected chi connectivity index (χ4v) is 3.07. The van der Waals surface area contributed by atoms with Crippen molar-refractivity contribution in [3.63, 3.8) is 0 Å². The molecule has 150 valence electrons. The van der Waals surface area contributed by atoms with Crippen LogP contribution in [0.5, 0.6) is 0 Å². The molecule has 2 heterocycles. The number of alkyl halides is 3. The molecule has 2 rings (SSSR count). The minimum Gasteiger partial charge on any atom is -0.403 e. The summed E-state index contributed by atoms with van der Waals surface area (Å²) in [5, 5.41) is 0. The second-order valence-corrected chi connectivity index (χ2v) is 9.42. The third-order valence-electron chi connectivity index (χ3n) is 6.24. The zero-order valence-electron chi connectivity index (χ0n) is 17.1. The monoisotopic (exact) mass is 378 g/mol. The number of hydrogen-bond acceptors (Lipinski definition) is 4. The molecule has 0 N–H and O–H groups in total. The quantitative estimate of drug-likeness (QED) is 0.644. The van der Waals surface area contributed by atoms with Crippen LogP contribution in [0.4, 0.5) is 13.2 Å². The van der Waals surface area contributed by atoms with Crippen molar-refractivity contribution in [1.29, 1.82) is 0 Å². The van der Waals surface area contributed by atoms with Gasteiger partial charge in [0.1, 0.15) is 0 Å². The molecule has 0 saturated carbocycles. The molecular formula is C17H31B2F3O4. The Labute approximate surface area is 155 Å². The first-order chi connectivity index (χ1) is 11.5. The molecule has 4 nitrogen and oxygen atoms in total. The van der Waals surface area contributed by atoms with Crippen molar-refractivity contribution in [1.82, 2.24) is 0 Å². The molecule has 0 amide bonds. The van der Waals surface area contributed by atoms with E-state index in [1.54, 1.807) is 0 Å². The highest BCUT2D eigenvalue weighted by atomic mass is 19.4. The van der Waals surface area contributed by atoms with E-state index in [2.05, 4.69) is 0 Å². The Hall–Kier alpha value is -0.240. The molecule has 0 aliphatic carbocycles. The maximum absolute atomic E-state index is 12.6. The molecule has 9 heteroatoms. The van der Waals surface area contributed by atoms with E-state index in [1.165, 1.54) is 0 Å². The summed E-state index contributed by atoms with van der Waals surface area (Å²) < 4.78 is 62.3. The summed E-state index contributed by atoms with van der Waals surface area (Å²) in [5.74, 6) is 0. The molecule has 26 heavy (non-hydrogen) atoms. The van der Waals surface area contributed by atoms with Gasteiger partial charge in [-0.3, -0.25) is 0 Å². The van der Waals surface area contributed by atoms with Crippen LogP contribution < -0.4 is 0 Å². The predicted molar refractivity (Wildman–Crippen MR) is 95.8 cm³/mol. The molecular weight excluding hydrogens is 347 g/mol. The summed E-state index contributed by atoms with van der Waals surface area (Å²) in [7, 11) is -1.36. The van der Waals surface area contributed by atoms with Gasteiger partial charge in [-0.25, -0.2) is 0 Å². The van der Waals surface area contributed by atoms with Crippen LogP contribution in [0, 0.1) is 0 Å². The highest BCUT2D eigenvalue weighted by Gasteiger charge is 2.61. The van der Waals surface area contributed by atoms with E-state index in [9.17, 15) is 13.2 Å². The summed E-state index contributed by atoms with van der Waals surface area (Å²) in [6.07, 6.45) is -4.81. The van der Waals surface area contributed by atoms with Crippen LogP contribution >= 0.6 is 0 Å². The lowest BCUT2D eigenvalue weighted by Gasteiger charge is -2.32. The maximum atomic E-state index is 12.6. The number of halogens is 3. The zero-order chi connectivity index (χ0) is 20.2. The van der Waals surface area contributed by atoms with Crippen molar-refractivity contribution in [2.45, 2.75) is 109 Å². The maximum Gasteiger partial charge on any atom is 0.458 e. The van der Waals surface area contributed by atoms with Gasteiger partial charge in [0.2, 0.25) is 0 Å². The van der Waals surface area contributed by atoms with E-state index in [1.807, 2.05) is 55.4 Å². The summed E-state index contributed by atoms with van der Waals surface area (Å²) in [6.45, 7) is 15.4. The predicted octanol–water partition coefficient (Wildman–Crippen LogP) is 4.81. The molecule has 2 saturated heterocycles. The molecule has 2 aliphatic heterocycles. The minimum absolute atomic E-state index is 0.0255. The summed E-state index contributed by atoms with van der Waals surface area (Å²) in [4.78, 5) is 0. The summed E-state index contributed by atoms with van der Waals surface area (Å²) in [6, 6.07) is 0. The van der Waals surface area contributed by atoms with Gasteiger partial charge in [-0.1, -0.05) is 6.42 Å². The van der Waals surface area contributed by atoms with Gasteiger partial charge in [0.15, 0.2) is 0 Å². The first-order valence-electron chi connectivity index (χ1n) is 9.25. The SMILES string of the molecule is CC1(C)OB(C(CCCC(F)(F)F)B2OC(C)(C)C(C)(C)O2)OC1(C)C. The largest absolute Gasteiger partial charge is 0.458 e. The lowest BCUT2D eigenvalue weighted by molar-refractivity contribution is -0.135. The van der Waals surface area contributed by atoms with E-state index < -0.39 is 55.0 Å². The Kier molecular flexibility index (Phi) is 5.66. The molecule has 0 aromatic heterocycles. The molecule has 2 fully saturated rings. The van der Waals surface area contributed by atoms with Gasteiger partial charge in [-0.05, 0) is 61.8 Å². The van der Waals surface area contributed by atoms with Crippen molar-refractivity contribution in [3.05, 3.63) is 0 Å². The first-order valence-corrected chi connectivity index (χ1v) is 9.25. The Bertz CT molecular complexity index is 453. The van der Waals surface area contributed by atoms with E-state index in [4.69, 9.17) is 18.6 Å². The van der Waals surface area contributed by atoms with Crippen LogP contribution in [0.25, 0.3) is 0 Å². The highest BCUT2D eigenvalue weighted by Crippen LogP contribution is 2.47. The smallest absolute Gasteiger partial charge is 0.403 e. The van der Waals surface area contributed by atoms with Crippen molar-refractivity contribution in [2.24, 2.45) is 0 Å². The average Bonchev–Trinajstić information content (AvgIpc) is 2.73. The Morgan fingerprint density at radius 2 is 1.00 bits per heavy atom. The lowest BCUT2D eigenvalue weighted by atomic mass is 9.50. The van der Waals surface area contributed by atoms with Crippen LogP contribution in [-0.4, -0.2) is 42.8 Å². The molecule has 0 bridgehead atoms. The normalized spacial score (nSPS) is 26.8. The van der Waals surface area contributed by atoms with Gasteiger partial charge >= 0.3 is 20.4 Å². The summed E-state index contributed by atoms with van der Waals surface area (Å²) in [5.41, 5.74) is -2.71. The second-order valence-electron chi connectivity index (χ2n) is 9.42. The highest BCUT2D eigenvalue weighted by molar-refractivity contribution is 6.68. The van der Waals surface area contributed by atoms with Gasteiger partial charge in [0.05, 0.1) is 22.4 Å². The van der Waals surface area contributed by atoms with Crippen LogP contribution in [0.2, 0.25) is 5.72 Å². The zero-order valence-corrected chi connectivity index (χ0v) is 17.1. The van der Waals surface area contributed by atoms with Crippen molar-refractivity contribution >= 4 is 14.2 Å².